The van der Waals surface area contributed by atoms with Gasteiger partial charge in [-0.3, -0.25) is 4.79 Å². The fourth-order valence-corrected chi connectivity index (χ4v) is 3.51. The molecule has 31 heavy (non-hydrogen) atoms. The summed E-state index contributed by atoms with van der Waals surface area (Å²) < 4.78 is 26.4. The molecule has 2 aromatic heterocycles. The Hall–Kier alpha value is -3.07. The van der Waals surface area contributed by atoms with Crippen molar-refractivity contribution < 1.29 is 23.8 Å². The molecule has 0 amide bonds. The molecule has 1 N–H and O–H groups in total. The molecule has 0 aliphatic heterocycles. The van der Waals surface area contributed by atoms with E-state index in [1.807, 2.05) is 24.3 Å². The van der Waals surface area contributed by atoms with E-state index in [0.29, 0.717) is 17.5 Å². The van der Waals surface area contributed by atoms with Crippen LogP contribution < -0.4 is 9.47 Å². The van der Waals surface area contributed by atoms with Crippen molar-refractivity contribution in [1.29, 1.82) is 0 Å². The van der Waals surface area contributed by atoms with Crippen LogP contribution in [0.3, 0.4) is 0 Å². The molecule has 2 heterocycles. The maximum atomic E-state index is 14.1. The standard InChI is InChI=1S/C22H22FN3O4.H2S/c1-29-21-9-20(19(23)11-24-21)26-12-14(10-25-26)13-30-17-4-2-3-16(7-17)18(8-22(27)28)15-5-6-15;/h2-4,7,9-12,15,18H,5-6,8,13H2,1H3,(H,27,28);1H2/t18-;/m1./s1. The quantitative estimate of drug-likeness (QED) is 0.534. The molecule has 0 radical (unpaired) electrons. The lowest BCUT2D eigenvalue weighted by Crippen LogP contribution is -2.08. The molecule has 0 spiro atoms. The molecule has 1 atom stereocenters. The van der Waals surface area contributed by atoms with Crippen LogP contribution >= 0.6 is 13.5 Å². The number of carboxylic acid groups (broad SMARTS) is 1. The number of aliphatic carboxylic acids is 1. The highest BCUT2D eigenvalue weighted by Crippen LogP contribution is 2.45. The monoisotopic (exact) mass is 445 g/mol. The summed E-state index contributed by atoms with van der Waals surface area (Å²) in [7, 11) is 1.46. The molecule has 0 unspecified atom stereocenters. The second-order valence-corrected chi connectivity index (χ2v) is 7.37. The van der Waals surface area contributed by atoms with Crippen LogP contribution in [0.5, 0.6) is 11.6 Å². The Labute approximate surface area is 186 Å². The average Bonchev–Trinajstić information content (AvgIpc) is 3.48. The van der Waals surface area contributed by atoms with Crippen LogP contribution in [-0.4, -0.2) is 33.0 Å². The maximum Gasteiger partial charge on any atom is 0.303 e. The summed E-state index contributed by atoms with van der Waals surface area (Å²) in [4.78, 5) is 15.0. The molecule has 1 saturated carbocycles. The van der Waals surface area contributed by atoms with Gasteiger partial charge in [0, 0.05) is 17.8 Å². The van der Waals surface area contributed by atoms with Crippen molar-refractivity contribution in [3.63, 3.8) is 0 Å². The van der Waals surface area contributed by atoms with E-state index in [1.165, 1.54) is 17.9 Å². The number of rotatable bonds is 9. The van der Waals surface area contributed by atoms with E-state index in [1.54, 1.807) is 12.4 Å². The van der Waals surface area contributed by atoms with E-state index >= 15 is 0 Å². The van der Waals surface area contributed by atoms with E-state index in [0.717, 1.165) is 30.2 Å². The average molecular weight is 446 g/mol. The van der Waals surface area contributed by atoms with Gasteiger partial charge in [0.1, 0.15) is 18.0 Å². The molecule has 3 aromatic rings. The molecule has 4 rings (SSSR count). The largest absolute Gasteiger partial charge is 0.489 e. The Morgan fingerprint density at radius 1 is 1.32 bits per heavy atom. The van der Waals surface area contributed by atoms with Crippen LogP contribution in [0.4, 0.5) is 4.39 Å². The SMILES string of the molecule is COc1cc(-n2cc(COc3cccc([C@H](CC(=O)O)C4CC4)c3)cn2)c(F)cn1.S. The molecule has 1 aliphatic carbocycles. The summed E-state index contributed by atoms with van der Waals surface area (Å²) in [6.45, 7) is 0.250. The third-order valence-corrected chi connectivity index (χ3v) is 5.18. The van der Waals surface area contributed by atoms with Crippen molar-refractivity contribution >= 4 is 19.5 Å². The van der Waals surface area contributed by atoms with E-state index in [-0.39, 0.29) is 38.1 Å². The van der Waals surface area contributed by atoms with Crippen molar-refractivity contribution in [2.24, 2.45) is 5.92 Å². The Morgan fingerprint density at radius 3 is 2.84 bits per heavy atom. The molecule has 1 aliphatic rings. The summed E-state index contributed by atoms with van der Waals surface area (Å²) in [5.41, 5.74) is 1.98. The third kappa shape index (κ3) is 5.55. The first-order valence-electron chi connectivity index (χ1n) is 9.71. The molecule has 9 heteroatoms. The highest BCUT2D eigenvalue weighted by atomic mass is 32.1. The van der Waals surface area contributed by atoms with Gasteiger partial charge in [0.2, 0.25) is 5.88 Å². The number of hydrogen-bond donors (Lipinski definition) is 1. The Balaban J connectivity index is 0.00000272. The molecule has 0 saturated heterocycles. The zero-order valence-corrected chi connectivity index (χ0v) is 18.0. The smallest absolute Gasteiger partial charge is 0.303 e. The number of benzene rings is 1. The molecule has 1 aromatic carbocycles. The number of methoxy groups -OCH3 is 1. The lowest BCUT2D eigenvalue weighted by molar-refractivity contribution is -0.137. The van der Waals surface area contributed by atoms with Gasteiger partial charge in [0.15, 0.2) is 5.82 Å². The highest BCUT2D eigenvalue weighted by Gasteiger charge is 2.33. The number of ether oxygens (including phenoxy) is 2. The summed E-state index contributed by atoms with van der Waals surface area (Å²) >= 11 is 0. The molecule has 1 fully saturated rings. The number of carbonyl (C=O) groups is 1. The summed E-state index contributed by atoms with van der Waals surface area (Å²) in [5.74, 6) is 0.102. The first-order chi connectivity index (χ1) is 14.5. The van der Waals surface area contributed by atoms with Crippen LogP contribution in [0.15, 0.2) is 48.9 Å². The van der Waals surface area contributed by atoms with E-state index in [9.17, 15) is 14.3 Å². The minimum absolute atomic E-state index is 0. The molecule has 0 bridgehead atoms. The number of nitrogens with zero attached hydrogens (tertiary/aromatic N) is 3. The summed E-state index contributed by atoms with van der Waals surface area (Å²) in [6.07, 6.45) is 6.64. The van der Waals surface area contributed by atoms with Crippen molar-refractivity contribution in [3.8, 4) is 17.3 Å². The highest BCUT2D eigenvalue weighted by molar-refractivity contribution is 7.59. The van der Waals surface area contributed by atoms with Crippen LogP contribution in [0.1, 0.15) is 36.3 Å². The number of hydrogen-bond acceptors (Lipinski definition) is 5. The van der Waals surface area contributed by atoms with Gasteiger partial charge in [0.25, 0.3) is 0 Å². The molecular formula is C22H24FN3O4S. The topological polar surface area (TPSA) is 86.5 Å². The number of aromatic nitrogens is 3. The van der Waals surface area contributed by atoms with Gasteiger partial charge < -0.3 is 14.6 Å². The second kappa shape index (κ2) is 9.82. The van der Waals surface area contributed by atoms with Gasteiger partial charge in [-0.15, -0.1) is 0 Å². The maximum absolute atomic E-state index is 14.1. The zero-order valence-electron chi connectivity index (χ0n) is 17.0. The normalized spacial score (nSPS) is 13.9. The molecule has 7 nitrogen and oxygen atoms in total. The number of carboxylic acids is 1. The van der Waals surface area contributed by atoms with Gasteiger partial charge in [-0.25, -0.2) is 14.1 Å². The zero-order chi connectivity index (χ0) is 21.1. The van der Waals surface area contributed by atoms with Gasteiger partial charge >= 0.3 is 5.97 Å². The summed E-state index contributed by atoms with van der Waals surface area (Å²) in [5, 5.41) is 13.4. The van der Waals surface area contributed by atoms with Crippen molar-refractivity contribution in [2.45, 2.75) is 31.8 Å². The van der Waals surface area contributed by atoms with E-state index in [4.69, 9.17) is 9.47 Å². The summed E-state index contributed by atoms with van der Waals surface area (Å²) in [6, 6.07) is 9.05. The van der Waals surface area contributed by atoms with Crippen LogP contribution in [-0.2, 0) is 11.4 Å². The Morgan fingerprint density at radius 2 is 2.13 bits per heavy atom. The second-order valence-electron chi connectivity index (χ2n) is 7.37. The Bertz CT molecular complexity index is 1050. The van der Waals surface area contributed by atoms with Gasteiger partial charge in [-0.2, -0.15) is 18.6 Å². The molecular weight excluding hydrogens is 421 g/mol. The van der Waals surface area contributed by atoms with E-state index in [2.05, 4.69) is 10.1 Å². The van der Waals surface area contributed by atoms with Crippen LogP contribution in [0.25, 0.3) is 5.69 Å². The predicted octanol–water partition coefficient (Wildman–Crippen LogP) is 4.08. The van der Waals surface area contributed by atoms with Crippen LogP contribution in [0, 0.1) is 11.7 Å². The fourth-order valence-electron chi connectivity index (χ4n) is 3.51. The number of pyridine rings is 1. The first kappa shape index (κ1) is 22.6. The van der Waals surface area contributed by atoms with Gasteiger partial charge in [-0.05, 0) is 42.4 Å². The minimum atomic E-state index is -0.786. The van der Waals surface area contributed by atoms with Crippen molar-refractivity contribution in [2.75, 3.05) is 7.11 Å². The van der Waals surface area contributed by atoms with E-state index < -0.39 is 11.8 Å². The van der Waals surface area contributed by atoms with Crippen molar-refractivity contribution in [1.82, 2.24) is 14.8 Å². The van der Waals surface area contributed by atoms with Crippen molar-refractivity contribution in [3.05, 3.63) is 65.9 Å². The van der Waals surface area contributed by atoms with Gasteiger partial charge in [-0.1, -0.05) is 12.1 Å². The molecule has 164 valence electrons. The minimum Gasteiger partial charge on any atom is -0.489 e. The third-order valence-electron chi connectivity index (χ3n) is 5.18. The predicted molar refractivity (Wildman–Crippen MR) is 117 cm³/mol. The number of halogens is 1. The lowest BCUT2D eigenvalue weighted by atomic mass is 9.91. The van der Waals surface area contributed by atoms with Gasteiger partial charge in [0.05, 0.1) is 25.9 Å². The van der Waals surface area contributed by atoms with Crippen LogP contribution in [0.2, 0.25) is 0 Å². The fraction of sp³-hybridized carbons (Fsp3) is 0.318. The first-order valence-corrected chi connectivity index (χ1v) is 9.71. The Kier molecular flexibility index (Phi) is 7.17. The lowest BCUT2D eigenvalue weighted by Gasteiger charge is -2.15.